The normalized spacial score (nSPS) is 11.3. The molecular formula is C15H16N2OS. The molecule has 4 heteroatoms. The molecule has 0 aliphatic carbocycles. The minimum Gasteiger partial charge on any atom is -0.392 e. The molecule has 98 valence electrons. The van der Waals surface area contributed by atoms with Gasteiger partial charge in [-0.15, -0.1) is 11.3 Å². The number of para-hydroxylation sites is 1. The molecule has 0 spiro atoms. The first kappa shape index (κ1) is 12.4. The van der Waals surface area contributed by atoms with Crippen LogP contribution >= 0.6 is 11.3 Å². The van der Waals surface area contributed by atoms with E-state index in [2.05, 4.69) is 40.2 Å². The Kier molecular flexibility index (Phi) is 3.36. The van der Waals surface area contributed by atoms with E-state index in [9.17, 15) is 5.11 Å². The van der Waals surface area contributed by atoms with E-state index in [1.165, 1.54) is 5.01 Å². The summed E-state index contributed by atoms with van der Waals surface area (Å²) in [6, 6.07) is 8.11. The molecule has 0 radical (unpaired) electrons. The Hall–Kier alpha value is -1.65. The lowest BCUT2D eigenvalue weighted by molar-refractivity contribution is 0.283. The molecule has 0 bridgehead atoms. The number of rotatable bonds is 4. The molecule has 1 aromatic carbocycles. The summed E-state index contributed by atoms with van der Waals surface area (Å²) < 4.78 is 2.16. The molecule has 0 saturated carbocycles. The van der Waals surface area contributed by atoms with Gasteiger partial charge in [0.2, 0.25) is 0 Å². The molecule has 0 aliphatic heterocycles. The third kappa shape index (κ3) is 2.29. The number of hydrogen-bond acceptors (Lipinski definition) is 3. The zero-order valence-electron chi connectivity index (χ0n) is 10.8. The molecule has 2 aromatic heterocycles. The van der Waals surface area contributed by atoms with E-state index >= 15 is 0 Å². The minimum absolute atomic E-state index is 0.0681. The summed E-state index contributed by atoms with van der Waals surface area (Å²) in [6.07, 6.45) is 3.05. The van der Waals surface area contributed by atoms with E-state index < -0.39 is 0 Å². The van der Waals surface area contributed by atoms with Crippen LogP contribution in [0.3, 0.4) is 0 Å². The van der Waals surface area contributed by atoms with Crippen molar-refractivity contribution in [3.63, 3.8) is 0 Å². The molecule has 2 heterocycles. The van der Waals surface area contributed by atoms with Crippen molar-refractivity contribution in [1.29, 1.82) is 0 Å². The number of benzene rings is 1. The Morgan fingerprint density at radius 2 is 2.21 bits per heavy atom. The first-order valence-electron chi connectivity index (χ1n) is 6.42. The fourth-order valence-corrected chi connectivity index (χ4v) is 3.09. The molecule has 0 atom stereocenters. The van der Waals surface area contributed by atoms with Gasteiger partial charge in [0, 0.05) is 17.1 Å². The highest BCUT2D eigenvalue weighted by molar-refractivity contribution is 7.09. The van der Waals surface area contributed by atoms with Crippen molar-refractivity contribution >= 4 is 22.2 Å². The highest BCUT2D eigenvalue weighted by Crippen LogP contribution is 2.22. The Balaban J connectivity index is 2.00. The SMILES string of the molecule is CCc1nc(Cn2ccc3cccc(CO)c32)cs1. The molecule has 0 unspecified atom stereocenters. The number of nitrogens with zero attached hydrogens (tertiary/aromatic N) is 2. The lowest BCUT2D eigenvalue weighted by atomic mass is 10.1. The van der Waals surface area contributed by atoms with Gasteiger partial charge < -0.3 is 9.67 Å². The summed E-state index contributed by atoms with van der Waals surface area (Å²) in [5.74, 6) is 0. The van der Waals surface area contributed by atoms with Crippen LogP contribution in [0.1, 0.15) is 23.2 Å². The summed E-state index contributed by atoms with van der Waals surface area (Å²) in [5, 5.41) is 13.9. The fourth-order valence-electron chi connectivity index (χ4n) is 2.36. The lowest BCUT2D eigenvalue weighted by Gasteiger charge is -2.06. The Labute approximate surface area is 116 Å². The van der Waals surface area contributed by atoms with Gasteiger partial charge in [-0.2, -0.15) is 0 Å². The molecule has 3 rings (SSSR count). The number of aliphatic hydroxyl groups excluding tert-OH is 1. The molecule has 3 nitrogen and oxygen atoms in total. The largest absolute Gasteiger partial charge is 0.392 e. The predicted octanol–water partition coefficient (Wildman–Crippen LogP) is 3.20. The second-order valence-corrected chi connectivity index (χ2v) is 5.49. The quantitative estimate of drug-likeness (QED) is 0.792. The summed E-state index contributed by atoms with van der Waals surface area (Å²) in [7, 11) is 0. The summed E-state index contributed by atoms with van der Waals surface area (Å²) >= 11 is 1.71. The first-order chi connectivity index (χ1) is 9.31. The van der Waals surface area contributed by atoms with Crippen LogP contribution in [0.25, 0.3) is 10.9 Å². The van der Waals surface area contributed by atoms with Gasteiger partial charge in [-0.05, 0) is 17.9 Å². The summed E-state index contributed by atoms with van der Waals surface area (Å²) in [6.45, 7) is 2.95. The van der Waals surface area contributed by atoms with E-state index in [0.717, 1.165) is 35.1 Å². The molecule has 0 fully saturated rings. The molecule has 0 saturated heterocycles. The molecular weight excluding hydrogens is 256 g/mol. The number of aromatic nitrogens is 2. The van der Waals surface area contributed by atoms with E-state index in [1.807, 2.05) is 12.1 Å². The van der Waals surface area contributed by atoms with Crippen LogP contribution in [-0.2, 0) is 19.6 Å². The van der Waals surface area contributed by atoms with Crippen molar-refractivity contribution in [3.8, 4) is 0 Å². The van der Waals surface area contributed by atoms with Gasteiger partial charge in [0.05, 0.1) is 29.4 Å². The molecule has 19 heavy (non-hydrogen) atoms. The predicted molar refractivity (Wildman–Crippen MR) is 78.5 cm³/mol. The zero-order valence-corrected chi connectivity index (χ0v) is 11.7. The Morgan fingerprint density at radius 1 is 1.32 bits per heavy atom. The van der Waals surface area contributed by atoms with Crippen molar-refractivity contribution in [3.05, 3.63) is 52.1 Å². The second kappa shape index (κ2) is 5.15. The number of fused-ring (bicyclic) bond motifs is 1. The van der Waals surface area contributed by atoms with E-state index in [0.29, 0.717) is 0 Å². The highest BCUT2D eigenvalue weighted by atomic mass is 32.1. The topological polar surface area (TPSA) is 38.0 Å². The number of aliphatic hydroxyl groups is 1. The minimum atomic E-state index is 0.0681. The number of hydrogen-bond donors (Lipinski definition) is 1. The van der Waals surface area contributed by atoms with Crippen LogP contribution in [0.4, 0.5) is 0 Å². The van der Waals surface area contributed by atoms with Crippen LogP contribution < -0.4 is 0 Å². The third-order valence-electron chi connectivity index (χ3n) is 3.28. The van der Waals surface area contributed by atoms with Gasteiger partial charge in [-0.1, -0.05) is 25.1 Å². The van der Waals surface area contributed by atoms with Crippen LogP contribution in [-0.4, -0.2) is 14.7 Å². The maximum Gasteiger partial charge on any atom is 0.0926 e. The van der Waals surface area contributed by atoms with Crippen molar-refractivity contribution in [1.82, 2.24) is 9.55 Å². The van der Waals surface area contributed by atoms with Crippen molar-refractivity contribution in [2.45, 2.75) is 26.5 Å². The van der Waals surface area contributed by atoms with E-state index in [4.69, 9.17) is 0 Å². The third-order valence-corrected chi connectivity index (χ3v) is 4.32. The smallest absolute Gasteiger partial charge is 0.0926 e. The second-order valence-electron chi connectivity index (χ2n) is 4.54. The average molecular weight is 272 g/mol. The van der Waals surface area contributed by atoms with Crippen LogP contribution in [0.5, 0.6) is 0 Å². The fraction of sp³-hybridized carbons (Fsp3) is 0.267. The van der Waals surface area contributed by atoms with Gasteiger partial charge in [0.15, 0.2) is 0 Å². The van der Waals surface area contributed by atoms with E-state index in [-0.39, 0.29) is 6.61 Å². The molecule has 1 N–H and O–H groups in total. The zero-order chi connectivity index (χ0) is 13.2. The number of aryl methyl sites for hydroxylation is 1. The van der Waals surface area contributed by atoms with E-state index in [1.54, 1.807) is 11.3 Å². The Morgan fingerprint density at radius 3 is 2.95 bits per heavy atom. The molecule has 0 aliphatic rings. The first-order valence-corrected chi connectivity index (χ1v) is 7.30. The molecule has 0 amide bonds. The standard InChI is InChI=1S/C15H16N2OS/c1-2-14-16-13(10-19-14)8-17-7-6-11-4-3-5-12(9-18)15(11)17/h3-7,10,18H,2,8-9H2,1H3. The van der Waals surface area contributed by atoms with Crippen LogP contribution in [0.15, 0.2) is 35.8 Å². The van der Waals surface area contributed by atoms with Crippen molar-refractivity contribution in [2.75, 3.05) is 0 Å². The number of thiazole rings is 1. The van der Waals surface area contributed by atoms with Gasteiger partial charge in [0.25, 0.3) is 0 Å². The van der Waals surface area contributed by atoms with Gasteiger partial charge in [-0.25, -0.2) is 4.98 Å². The van der Waals surface area contributed by atoms with Gasteiger partial charge in [-0.3, -0.25) is 0 Å². The molecule has 3 aromatic rings. The van der Waals surface area contributed by atoms with Crippen molar-refractivity contribution < 1.29 is 5.11 Å². The summed E-state index contributed by atoms with van der Waals surface area (Å²) in [4.78, 5) is 4.60. The van der Waals surface area contributed by atoms with Gasteiger partial charge in [0.1, 0.15) is 0 Å². The Bertz CT molecular complexity index is 699. The van der Waals surface area contributed by atoms with Gasteiger partial charge >= 0.3 is 0 Å². The highest BCUT2D eigenvalue weighted by Gasteiger charge is 2.08. The maximum absolute atomic E-state index is 9.46. The van der Waals surface area contributed by atoms with Crippen LogP contribution in [0, 0.1) is 0 Å². The van der Waals surface area contributed by atoms with Crippen LogP contribution in [0.2, 0.25) is 0 Å². The average Bonchev–Trinajstić information content (AvgIpc) is 3.06. The lowest BCUT2D eigenvalue weighted by Crippen LogP contribution is -2.00. The van der Waals surface area contributed by atoms with Crippen molar-refractivity contribution in [2.24, 2.45) is 0 Å². The summed E-state index contributed by atoms with van der Waals surface area (Å²) in [5.41, 5.74) is 3.16. The maximum atomic E-state index is 9.46. The monoisotopic (exact) mass is 272 g/mol.